The average Bonchev–Trinajstić information content (AvgIpc) is 2.84. The molecule has 7 heteroatoms. The molecule has 0 saturated carbocycles. The van der Waals surface area contributed by atoms with Gasteiger partial charge in [-0.3, -0.25) is 19.8 Å². The largest absolute Gasteiger partial charge is 0.342 e. The molecule has 1 aromatic heterocycles. The molecule has 32 heavy (non-hydrogen) atoms. The second-order valence-corrected chi connectivity index (χ2v) is 8.09. The topological polar surface area (TPSA) is 55.8 Å². The maximum atomic E-state index is 4.81. The van der Waals surface area contributed by atoms with Gasteiger partial charge in [-0.1, -0.05) is 35.0 Å². The molecule has 2 rings (SSSR count). The molecule has 0 radical (unpaired) electrons. The number of hydrogen-bond acceptors (Lipinski definition) is 5. The highest BCUT2D eigenvalue weighted by atomic mass is 79.9. The molecule has 1 aliphatic rings. The van der Waals surface area contributed by atoms with Gasteiger partial charge in [0.05, 0.1) is 18.4 Å². The zero-order chi connectivity index (χ0) is 23.8. The molecular weight excluding hydrogens is 464 g/mol. The van der Waals surface area contributed by atoms with Crippen LogP contribution in [0.4, 0.5) is 0 Å². The highest BCUT2D eigenvalue weighted by molar-refractivity contribution is 9.11. The number of nitrogens with one attached hydrogen (secondary N) is 2. The van der Waals surface area contributed by atoms with E-state index in [9.17, 15) is 0 Å². The number of fused-ring (bicyclic) bond motifs is 1. The van der Waals surface area contributed by atoms with E-state index in [1.54, 1.807) is 0 Å². The zero-order valence-electron chi connectivity index (χ0n) is 20.0. The molecule has 0 spiro atoms. The van der Waals surface area contributed by atoms with Crippen molar-refractivity contribution in [2.24, 2.45) is 4.99 Å². The number of likely N-dealkylation sites (N-methyl/N-ethyl adjacent to an activating group) is 3. The third kappa shape index (κ3) is 9.25. The van der Waals surface area contributed by atoms with Crippen molar-refractivity contribution in [1.82, 2.24) is 25.4 Å². The molecule has 0 unspecified atom stereocenters. The van der Waals surface area contributed by atoms with Gasteiger partial charge in [0.2, 0.25) is 0 Å². The van der Waals surface area contributed by atoms with Crippen molar-refractivity contribution < 1.29 is 0 Å². The van der Waals surface area contributed by atoms with Crippen LogP contribution in [0.3, 0.4) is 0 Å². The summed E-state index contributed by atoms with van der Waals surface area (Å²) >= 11 is 3.54. The van der Waals surface area contributed by atoms with Gasteiger partial charge in [-0.25, -0.2) is 0 Å². The second kappa shape index (κ2) is 16.6. The van der Waals surface area contributed by atoms with Crippen LogP contribution in [0.25, 0.3) is 0 Å². The zero-order valence-corrected chi connectivity index (χ0v) is 21.6. The molecule has 0 amide bonds. The Morgan fingerprint density at radius 3 is 2.84 bits per heavy atom. The molecule has 0 aromatic carbocycles. The normalized spacial score (nSPS) is 16.7. The van der Waals surface area contributed by atoms with Gasteiger partial charge in [-0.2, -0.15) is 0 Å². The number of rotatable bonds is 11. The molecule has 1 heterocycles. The van der Waals surface area contributed by atoms with Gasteiger partial charge >= 0.3 is 0 Å². The molecule has 0 fully saturated rings. The number of aliphatic imine (C=N–C) groups is 1. The van der Waals surface area contributed by atoms with Gasteiger partial charge in [0.15, 0.2) is 0 Å². The smallest absolute Gasteiger partial charge is 0.126 e. The predicted molar refractivity (Wildman–Crippen MR) is 141 cm³/mol. The quantitative estimate of drug-likeness (QED) is 0.272. The van der Waals surface area contributed by atoms with Crippen molar-refractivity contribution in [2.45, 2.75) is 39.2 Å². The number of hydrogen-bond donors (Lipinski definition) is 2. The van der Waals surface area contributed by atoms with Gasteiger partial charge in [0.25, 0.3) is 0 Å². The van der Waals surface area contributed by atoms with Crippen LogP contribution in [-0.4, -0.2) is 67.6 Å². The number of aromatic nitrogens is 1. The van der Waals surface area contributed by atoms with Gasteiger partial charge < -0.3 is 10.6 Å². The first kappa shape index (κ1) is 28.1. The van der Waals surface area contributed by atoms with E-state index in [0.717, 1.165) is 50.6 Å². The number of pyridine rings is 1. The van der Waals surface area contributed by atoms with E-state index in [0.29, 0.717) is 12.7 Å². The maximum Gasteiger partial charge on any atom is 0.126 e. The van der Waals surface area contributed by atoms with Crippen LogP contribution in [0.2, 0.25) is 0 Å². The van der Waals surface area contributed by atoms with E-state index >= 15 is 0 Å². The Morgan fingerprint density at radius 2 is 2.19 bits per heavy atom. The van der Waals surface area contributed by atoms with E-state index in [2.05, 4.69) is 74.2 Å². The van der Waals surface area contributed by atoms with Crippen LogP contribution < -0.4 is 10.6 Å². The number of nitrogens with zero attached hydrogens (tertiary/aromatic N) is 4. The van der Waals surface area contributed by atoms with E-state index in [4.69, 9.17) is 4.99 Å². The summed E-state index contributed by atoms with van der Waals surface area (Å²) < 4.78 is 0. The molecule has 0 bridgehead atoms. The van der Waals surface area contributed by atoms with Gasteiger partial charge in [-0.05, 0) is 64.5 Å². The lowest BCUT2D eigenvalue weighted by molar-refractivity contribution is 0.231. The first-order valence-corrected chi connectivity index (χ1v) is 12.1. The highest BCUT2D eigenvalue weighted by Gasteiger charge is 2.25. The molecule has 176 valence electrons. The molecule has 1 aromatic rings. The van der Waals surface area contributed by atoms with Crippen molar-refractivity contribution in [2.75, 3.05) is 46.9 Å². The second-order valence-electron chi connectivity index (χ2n) is 7.63. The monoisotopic (exact) mass is 502 g/mol. The standard InChI is InChI=1S/C23H37BrN6.C2H2/c1-5-9-22(27-18-30(6-2)15-14-25-3)28-20(16-24)17-29(4)21-12-7-10-19-11-8-13-26-23(19)21;1-2/h5,8-9,11,13,16,21,25H,6-7,10,12,14-15,17-18H2,1-4H3,(H,27,28);1-2H/b9-5-,20-16+;/t21-;/m0./s1. The highest BCUT2D eigenvalue weighted by Crippen LogP contribution is 2.32. The van der Waals surface area contributed by atoms with Gasteiger partial charge in [-0.15, -0.1) is 12.8 Å². The summed E-state index contributed by atoms with van der Waals surface area (Å²) in [5, 5.41) is 6.71. The minimum absolute atomic E-state index is 0.346. The van der Waals surface area contributed by atoms with Crippen LogP contribution >= 0.6 is 15.9 Å². The van der Waals surface area contributed by atoms with E-state index in [-0.39, 0.29) is 0 Å². The molecule has 1 aliphatic carbocycles. The number of halogens is 1. The lowest BCUT2D eigenvalue weighted by Gasteiger charge is -2.32. The van der Waals surface area contributed by atoms with Crippen LogP contribution in [-0.2, 0) is 6.42 Å². The van der Waals surface area contributed by atoms with E-state index in [1.165, 1.54) is 17.7 Å². The average molecular weight is 504 g/mol. The Labute approximate surface area is 203 Å². The van der Waals surface area contributed by atoms with Crippen molar-refractivity contribution in [3.63, 3.8) is 0 Å². The molecule has 6 nitrogen and oxygen atoms in total. The summed E-state index contributed by atoms with van der Waals surface area (Å²) in [6.45, 7) is 8.58. The summed E-state index contributed by atoms with van der Waals surface area (Å²) in [5.41, 5.74) is 3.69. The van der Waals surface area contributed by atoms with E-state index in [1.807, 2.05) is 43.4 Å². The maximum absolute atomic E-state index is 4.81. The fraction of sp³-hybridized carbons (Fsp3) is 0.520. The number of amidine groups is 1. The van der Waals surface area contributed by atoms with E-state index < -0.39 is 0 Å². The molecule has 0 aliphatic heterocycles. The van der Waals surface area contributed by atoms with Crippen LogP contribution in [0.1, 0.15) is 44.0 Å². The SMILES string of the molecule is C#C.C/C=C\C(=N/CN(CC)CCNC)N/C(=C/Br)CN(C)[C@H]1CCCc2cccnc21. The molecule has 1 atom stereocenters. The third-order valence-corrected chi connectivity index (χ3v) is 5.98. The Morgan fingerprint density at radius 1 is 1.41 bits per heavy atom. The summed E-state index contributed by atoms with van der Waals surface area (Å²) in [6.07, 6.45) is 17.4. The Hall–Kier alpha value is -1.98. The van der Waals surface area contributed by atoms with Gasteiger partial charge in [0, 0.05) is 36.5 Å². The number of allylic oxidation sites excluding steroid dienone is 1. The molecular formula is C25H39BrN6. The molecule has 0 saturated heterocycles. The Bertz CT molecular complexity index is 771. The summed E-state index contributed by atoms with van der Waals surface area (Å²) in [6, 6.07) is 4.60. The number of terminal acetylenes is 1. The Balaban J connectivity index is 0.00000249. The summed E-state index contributed by atoms with van der Waals surface area (Å²) in [5.74, 6) is 0.877. The van der Waals surface area contributed by atoms with Crippen molar-refractivity contribution >= 4 is 21.8 Å². The van der Waals surface area contributed by atoms with Crippen LogP contribution in [0.15, 0.2) is 46.2 Å². The lowest BCUT2D eigenvalue weighted by Crippen LogP contribution is -2.35. The van der Waals surface area contributed by atoms with Crippen molar-refractivity contribution in [3.8, 4) is 12.8 Å². The Kier molecular flexibility index (Phi) is 14.6. The van der Waals surface area contributed by atoms with Crippen molar-refractivity contribution in [1.29, 1.82) is 0 Å². The third-order valence-electron chi connectivity index (χ3n) is 5.43. The predicted octanol–water partition coefficient (Wildman–Crippen LogP) is 3.94. The minimum atomic E-state index is 0.346. The summed E-state index contributed by atoms with van der Waals surface area (Å²) in [7, 11) is 4.16. The lowest BCUT2D eigenvalue weighted by atomic mass is 9.91. The fourth-order valence-electron chi connectivity index (χ4n) is 3.73. The number of aryl methyl sites for hydroxylation is 1. The first-order valence-electron chi connectivity index (χ1n) is 11.2. The van der Waals surface area contributed by atoms with Crippen molar-refractivity contribution in [3.05, 3.63) is 52.4 Å². The van der Waals surface area contributed by atoms with Crippen LogP contribution in [0, 0.1) is 12.8 Å². The fourth-order valence-corrected chi connectivity index (χ4v) is 3.98. The van der Waals surface area contributed by atoms with Gasteiger partial charge in [0.1, 0.15) is 5.84 Å². The summed E-state index contributed by atoms with van der Waals surface area (Å²) in [4.78, 5) is 16.2. The molecule has 2 N–H and O–H groups in total. The minimum Gasteiger partial charge on any atom is -0.342 e. The first-order chi connectivity index (χ1) is 15.6. The van der Waals surface area contributed by atoms with Crippen LogP contribution in [0.5, 0.6) is 0 Å².